The molecule has 0 saturated carbocycles. The van der Waals surface area contributed by atoms with E-state index in [0.717, 1.165) is 37.2 Å². The lowest BCUT2D eigenvalue weighted by Gasteiger charge is -2.32. The SMILES string of the molecule is COc1ccc(CC(=O)N[C@H](C(=O)N2CCCCC2)C(C)C)cc1. The van der Waals surface area contributed by atoms with Crippen molar-refractivity contribution in [1.82, 2.24) is 10.2 Å². The van der Waals surface area contributed by atoms with Gasteiger partial charge >= 0.3 is 0 Å². The van der Waals surface area contributed by atoms with E-state index < -0.39 is 6.04 Å². The van der Waals surface area contributed by atoms with E-state index in [1.54, 1.807) is 7.11 Å². The molecule has 1 aliphatic rings. The van der Waals surface area contributed by atoms with Gasteiger partial charge in [-0.1, -0.05) is 26.0 Å². The van der Waals surface area contributed by atoms with Crippen LogP contribution in [0.1, 0.15) is 38.7 Å². The second-order valence-corrected chi connectivity index (χ2v) is 6.70. The van der Waals surface area contributed by atoms with Gasteiger partial charge in [0.2, 0.25) is 11.8 Å². The summed E-state index contributed by atoms with van der Waals surface area (Å²) in [5, 5.41) is 2.93. The summed E-state index contributed by atoms with van der Waals surface area (Å²) >= 11 is 0. The van der Waals surface area contributed by atoms with Gasteiger partial charge in [-0.2, -0.15) is 0 Å². The van der Waals surface area contributed by atoms with E-state index in [4.69, 9.17) is 4.74 Å². The number of rotatable bonds is 6. The first kappa shape index (κ1) is 18.3. The molecule has 5 nitrogen and oxygen atoms in total. The normalized spacial score (nSPS) is 15.9. The van der Waals surface area contributed by atoms with Crippen LogP contribution in [-0.2, 0) is 16.0 Å². The van der Waals surface area contributed by atoms with Crippen molar-refractivity contribution in [3.8, 4) is 5.75 Å². The number of ether oxygens (including phenoxy) is 1. The van der Waals surface area contributed by atoms with Crippen molar-refractivity contribution in [3.63, 3.8) is 0 Å². The number of nitrogens with zero attached hydrogens (tertiary/aromatic N) is 1. The van der Waals surface area contributed by atoms with Crippen LogP contribution in [0.15, 0.2) is 24.3 Å². The highest BCUT2D eigenvalue weighted by molar-refractivity contribution is 5.88. The number of nitrogens with one attached hydrogen (secondary N) is 1. The smallest absolute Gasteiger partial charge is 0.245 e. The van der Waals surface area contributed by atoms with E-state index in [9.17, 15) is 9.59 Å². The quantitative estimate of drug-likeness (QED) is 0.870. The van der Waals surface area contributed by atoms with Gasteiger partial charge in [0.25, 0.3) is 0 Å². The van der Waals surface area contributed by atoms with Crippen molar-refractivity contribution in [1.29, 1.82) is 0 Å². The molecule has 5 heteroatoms. The Morgan fingerprint density at radius 3 is 2.29 bits per heavy atom. The summed E-state index contributed by atoms with van der Waals surface area (Å²) in [5.41, 5.74) is 0.904. The Hall–Kier alpha value is -2.04. The van der Waals surface area contributed by atoms with Gasteiger partial charge in [-0.05, 0) is 42.9 Å². The lowest BCUT2D eigenvalue weighted by Crippen LogP contribution is -2.52. The number of amides is 2. The van der Waals surface area contributed by atoms with Gasteiger partial charge in [-0.25, -0.2) is 0 Å². The summed E-state index contributed by atoms with van der Waals surface area (Å²) in [6.07, 6.45) is 3.55. The molecular weight excluding hydrogens is 304 g/mol. The van der Waals surface area contributed by atoms with Crippen LogP contribution >= 0.6 is 0 Å². The Morgan fingerprint density at radius 2 is 1.75 bits per heavy atom. The first-order chi connectivity index (χ1) is 11.5. The number of carbonyl (C=O) groups is 2. The van der Waals surface area contributed by atoms with Gasteiger partial charge in [0.15, 0.2) is 0 Å². The van der Waals surface area contributed by atoms with E-state index in [1.165, 1.54) is 6.42 Å². The molecule has 2 amide bonds. The molecule has 0 radical (unpaired) electrons. The number of hydrogen-bond acceptors (Lipinski definition) is 3. The molecule has 0 unspecified atom stereocenters. The van der Waals surface area contributed by atoms with E-state index in [1.807, 2.05) is 43.0 Å². The number of benzene rings is 1. The molecule has 1 atom stereocenters. The van der Waals surface area contributed by atoms with Gasteiger partial charge in [0.05, 0.1) is 13.5 Å². The summed E-state index contributed by atoms with van der Waals surface area (Å²) in [5.74, 6) is 0.760. The van der Waals surface area contributed by atoms with Crippen LogP contribution in [0.5, 0.6) is 5.75 Å². The van der Waals surface area contributed by atoms with Gasteiger partial charge in [0, 0.05) is 13.1 Å². The number of likely N-dealkylation sites (tertiary alicyclic amines) is 1. The Balaban J connectivity index is 1.95. The molecule has 24 heavy (non-hydrogen) atoms. The fourth-order valence-electron chi connectivity index (χ4n) is 2.98. The lowest BCUT2D eigenvalue weighted by molar-refractivity contribution is -0.138. The second-order valence-electron chi connectivity index (χ2n) is 6.70. The molecule has 0 spiro atoms. The molecule has 1 fully saturated rings. The Morgan fingerprint density at radius 1 is 1.12 bits per heavy atom. The van der Waals surface area contributed by atoms with Gasteiger partial charge < -0.3 is 15.0 Å². The second kappa shape index (κ2) is 8.71. The van der Waals surface area contributed by atoms with Crippen molar-refractivity contribution in [2.75, 3.05) is 20.2 Å². The molecule has 0 bridgehead atoms. The summed E-state index contributed by atoms with van der Waals surface area (Å²) in [6, 6.07) is 6.96. The molecule has 1 heterocycles. The van der Waals surface area contributed by atoms with Crippen LogP contribution in [0.25, 0.3) is 0 Å². The molecule has 1 aliphatic heterocycles. The van der Waals surface area contributed by atoms with Crippen LogP contribution in [0, 0.1) is 5.92 Å². The number of hydrogen-bond donors (Lipinski definition) is 1. The minimum Gasteiger partial charge on any atom is -0.497 e. The number of carbonyl (C=O) groups excluding carboxylic acids is 2. The third-order valence-electron chi connectivity index (χ3n) is 4.44. The Bertz CT molecular complexity index is 548. The molecule has 1 aromatic carbocycles. The van der Waals surface area contributed by atoms with Crippen LogP contribution in [-0.4, -0.2) is 43.0 Å². The first-order valence-electron chi connectivity index (χ1n) is 8.72. The molecule has 1 N–H and O–H groups in total. The van der Waals surface area contributed by atoms with E-state index in [0.29, 0.717) is 0 Å². The van der Waals surface area contributed by atoms with Crippen LogP contribution in [0.3, 0.4) is 0 Å². The van der Waals surface area contributed by atoms with Crippen molar-refractivity contribution >= 4 is 11.8 Å². The summed E-state index contributed by atoms with van der Waals surface area (Å²) in [7, 11) is 1.61. The Kier molecular flexibility index (Phi) is 6.64. The Labute approximate surface area is 144 Å². The van der Waals surface area contributed by atoms with Crippen molar-refractivity contribution < 1.29 is 14.3 Å². The summed E-state index contributed by atoms with van der Waals surface area (Å²) in [4.78, 5) is 27.0. The van der Waals surface area contributed by atoms with Crippen LogP contribution < -0.4 is 10.1 Å². The summed E-state index contributed by atoms with van der Waals surface area (Å²) in [6.45, 7) is 5.55. The largest absolute Gasteiger partial charge is 0.497 e. The number of piperidine rings is 1. The maximum atomic E-state index is 12.7. The van der Waals surface area contributed by atoms with Gasteiger partial charge in [-0.15, -0.1) is 0 Å². The van der Waals surface area contributed by atoms with E-state index in [2.05, 4.69) is 5.32 Å². The van der Waals surface area contributed by atoms with Crippen LogP contribution in [0.2, 0.25) is 0 Å². The maximum absolute atomic E-state index is 12.7. The third-order valence-corrected chi connectivity index (χ3v) is 4.44. The fourth-order valence-corrected chi connectivity index (χ4v) is 2.98. The average molecular weight is 332 g/mol. The van der Waals surface area contributed by atoms with Gasteiger partial charge in [-0.3, -0.25) is 9.59 Å². The summed E-state index contributed by atoms with van der Waals surface area (Å²) < 4.78 is 5.12. The topological polar surface area (TPSA) is 58.6 Å². The zero-order valence-electron chi connectivity index (χ0n) is 14.9. The van der Waals surface area contributed by atoms with Crippen molar-refractivity contribution in [3.05, 3.63) is 29.8 Å². The minimum absolute atomic E-state index is 0.0489. The molecule has 0 aliphatic carbocycles. The maximum Gasteiger partial charge on any atom is 0.245 e. The van der Waals surface area contributed by atoms with Crippen molar-refractivity contribution in [2.24, 2.45) is 5.92 Å². The highest BCUT2D eigenvalue weighted by atomic mass is 16.5. The highest BCUT2D eigenvalue weighted by Gasteiger charge is 2.29. The van der Waals surface area contributed by atoms with E-state index in [-0.39, 0.29) is 24.2 Å². The standard InChI is InChI=1S/C19H28N2O3/c1-14(2)18(19(23)21-11-5-4-6-12-21)20-17(22)13-15-7-9-16(24-3)10-8-15/h7-10,14,18H,4-6,11-13H2,1-3H3,(H,20,22)/t18-/m0/s1. The predicted molar refractivity (Wildman–Crippen MR) is 93.9 cm³/mol. The molecule has 1 saturated heterocycles. The van der Waals surface area contributed by atoms with E-state index >= 15 is 0 Å². The molecule has 2 rings (SSSR count). The highest BCUT2D eigenvalue weighted by Crippen LogP contribution is 2.15. The lowest BCUT2D eigenvalue weighted by atomic mass is 10.0. The predicted octanol–water partition coefficient (Wildman–Crippen LogP) is 2.39. The first-order valence-corrected chi connectivity index (χ1v) is 8.72. The zero-order chi connectivity index (χ0) is 17.5. The molecular formula is C19H28N2O3. The average Bonchev–Trinajstić information content (AvgIpc) is 2.60. The molecule has 0 aromatic heterocycles. The fraction of sp³-hybridized carbons (Fsp3) is 0.579. The molecule has 132 valence electrons. The van der Waals surface area contributed by atoms with Crippen LogP contribution in [0.4, 0.5) is 0 Å². The van der Waals surface area contributed by atoms with Gasteiger partial charge in [0.1, 0.15) is 11.8 Å². The molecule has 1 aromatic rings. The minimum atomic E-state index is -0.450. The van der Waals surface area contributed by atoms with Crippen molar-refractivity contribution in [2.45, 2.75) is 45.6 Å². The zero-order valence-corrected chi connectivity index (χ0v) is 14.9. The monoisotopic (exact) mass is 332 g/mol. The number of methoxy groups -OCH3 is 1. The third kappa shape index (κ3) is 4.98.